The summed E-state index contributed by atoms with van der Waals surface area (Å²) in [4.78, 5) is 13.0. The summed E-state index contributed by atoms with van der Waals surface area (Å²) in [6, 6.07) is 0.318. The van der Waals surface area contributed by atoms with Gasteiger partial charge in [-0.2, -0.15) is 0 Å². The van der Waals surface area contributed by atoms with E-state index in [0.717, 1.165) is 12.8 Å². The Hall–Kier alpha value is -0.570. The second-order valence-corrected chi connectivity index (χ2v) is 3.50. The lowest BCUT2D eigenvalue weighted by Gasteiger charge is -2.23. The standard InChI is InChI=1S/C9H17NO2/c1-3-8(11)6-10-7(2)4-5-9(10)12/h7-8,11H,3-6H2,1-2H3. The molecular weight excluding hydrogens is 154 g/mol. The van der Waals surface area contributed by atoms with Crippen LogP contribution in [0.1, 0.15) is 33.1 Å². The molecule has 0 aromatic carbocycles. The predicted octanol–water partition coefficient (Wildman–Crippen LogP) is 0.768. The molecule has 0 bridgehead atoms. The summed E-state index contributed by atoms with van der Waals surface area (Å²) >= 11 is 0. The number of amides is 1. The predicted molar refractivity (Wildman–Crippen MR) is 46.7 cm³/mol. The van der Waals surface area contributed by atoms with Crippen molar-refractivity contribution >= 4 is 5.91 Å². The number of nitrogens with zero attached hydrogens (tertiary/aromatic N) is 1. The van der Waals surface area contributed by atoms with E-state index in [9.17, 15) is 9.90 Å². The first-order valence-corrected chi connectivity index (χ1v) is 4.62. The van der Waals surface area contributed by atoms with E-state index in [1.807, 2.05) is 13.8 Å². The van der Waals surface area contributed by atoms with E-state index in [4.69, 9.17) is 0 Å². The van der Waals surface area contributed by atoms with Crippen molar-refractivity contribution in [1.29, 1.82) is 0 Å². The first kappa shape index (κ1) is 9.52. The minimum absolute atomic E-state index is 0.190. The van der Waals surface area contributed by atoms with Crippen LogP contribution in [0.3, 0.4) is 0 Å². The molecule has 3 nitrogen and oxygen atoms in total. The second-order valence-electron chi connectivity index (χ2n) is 3.50. The highest BCUT2D eigenvalue weighted by Gasteiger charge is 2.28. The van der Waals surface area contributed by atoms with Crippen LogP contribution in [0.25, 0.3) is 0 Å². The Bertz CT molecular complexity index is 170. The Kier molecular flexibility index (Phi) is 3.09. The van der Waals surface area contributed by atoms with Crippen molar-refractivity contribution in [2.24, 2.45) is 0 Å². The summed E-state index contributed by atoms with van der Waals surface area (Å²) in [6.45, 7) is 4.47. The van der Waals surface area contributed by atoms with Crippen LogP contribution >= 0.6 is 0 Å². The lowest BCUT2D eigenvalue weighted by molar-refractivity contribution is -0.130. The number of carbonyl (C=O) groups excluding carboxylic acids is 1. The highest BCUT2D eigenvalue weighted by Crippen LogP contribution is 2.18. The molecule has 0 aromatic heterocycles. The van der Waals surface area contributed by atoms with Crippen molar-refractivity contribution in [1.82, 2.24) is 4.90 Å². The molecule has 12 heavy (non-hydrogen) atoms. The van der Waals surface area contributed by atoms with Crippen LogP contribution in [0, 0.1) is 0 Å². The largest absolute Gasteiger partial charge is 0.391 e. The molecule has 1 rings (SSSR count). The van der Waals surface area contributed by atoms with Crippen LogP contribution in [0.15, 0.2) is 0 Å². The van der Waals surface area contributed by atoms with Gasteiger partial charge in [0.1, 0.15) is 0 Å². The van der Waals surface area contributed by atoms with Gasteiger partial charge in [-0.1, -0.05) is 6.92 Å². The Labute approximate surface area is 73.4 Å². The minimum atomic E-state index is -0.352. The molecule has 0 spiro atoms. The van der Waals surface area contributed by atoms with Crippen LogP contribution in [0.5, 0.6) is 0 Å². The lowest BCUT2D eigenvalue weighted by Crippen LogP contribution is -2.37. The van der Waals surface area contributed by atoms with Gasteiger partial charge in [-0.05, 0) is 19.8 Å². The van der Waals surface area contributed by atoms with Gasteiger partial charge in [0.25, 0.3) is 0 Å². The van der Waals surface area contributed by atoms with Crippen LogP contribution in [-0.2, 0) is 4.79 Å². The SMILES string of the molecule is CCC(O)CN1C(=O)CCC1C. The van der Waals surface area contributed by atoms with Gasteiger partial charge in [0.15, 0.2) is 0 Å². The van der Waals surface area contributed by atoms with E-state index >= 15 is 0 Å². The van der Waals surface area contributed by atoms with Crippen molar-refractivity contribution in [3.05, 3.63) is 0 Å². The van der Waals surface area contributed by atoms with Crippen molar-refractivity contribution in [2.45, 2.75) is 45.3 Å². The van der Waals surface area contributed by atoms with Crippen LogP contribution in [0.2, 0.25) is 0 Å². The zero-order valence-electron chi connectivity index (χ0n) is 7.79. The molecule has 1 N–H and O–H groups in total. The quantitative estimate of drug-likeness (QED) is 0.681. The molecule has 1 saturated heterocycles. The van der Waals surface area contributed by atoms with Crippen LogP contribution in [-0.4, -0.2) is 34.6 Å². The molecule has 0 aromatic rings. The number of rotatable bonds is 3. The molecule has 0 radical (unpaired) electrons. The number of aliphatic hydroxyl groups is 1. The number of likely N-dealkylation sites (tertiary alicyclic amines) is 1. The number of hydrogen-bond donors (Lipinski definition) is 1. The fourth-order valence-corrected chi connectivity index (χ4v) is 1.52. The van der Waals surface area contributed by atoms with Gasteiger partial charge in [0.05, 0.1) is 6.10 Å². The summed E-state index contributed by atoms with van der Waals surface area (Å²) in [5.41, 5.74) is 0. The van der Waals surface area contributed by atoms with Gasteiger partial charge in [0.2, 0.25) is 5.91 Å². The normalized spacial score (nSPS) is 26.4. The molecule has 70 valence electrons. The third-order valence-electron chi connectivity index (χ3n) is 2.51. The smallest absolute Gasteiger partial charge is 0.222 e. The van der Waals surface area contributed by atoms with Gasteiger partial charge in [0, 0.05) is 19.0 Å². The molecule has 0 saturated carbocycles. The maximum absolute atomic E-state index is 11.3. The summed E-state index contributed by atoms with van der Waals surface area (Å²) < 4.78 is 0. The third kappa shape index (κ3) is 1.97. The summed E-state index contributed by atoms with van der Waals surface area (Å²) in [6.07, 6.45) is 1.96. The summed E-state index contributed by atoms with van der Waals surface area (Å²) in [7, 11) is 0. The number of hydrogen-bond acceptors (Lipinski definition) is 2. The van der Waals surface area contributed by atoms with Gasteiger partial charge in [-0.15, -0.1) is 0 Å². The Morgan fingerprint density at radius 2 is 2.42 bits per heavy atom. The molecule has 2 atom stereocenters. The highest BCUT2D eigenvalue weighted by atomic mass is 16.3. The molecule has 3 heteroatoms. The van der Waals surface area contributed by atoms with E-state index < -0.39 is 0 Å². The van der Waals surface area contributed by atoms with Crippen molar-refractivity contribution < 1.29 is 9.90 Å². The molecule has 0 aliphatic carbocycles. The molecule has 1 aliphatic heterocycles. The van der Waals surface area contributed by atoms with Gasteiger partial charge < -0.3 is 10.0 Å². The minimum Gasteiger partial charge on any atom is -0.391 e. The van der Waals surface area contributed by atoms with Crippen molar-refractivity contribution in [2.75, 3.05) is 6.54 Å². The van der Waals surface area contributed by atoms with Crippen LogP contribution in [0.4, 0.5) is 0 Å². The number of aliphatic hydroxyl groups excluding tert-OH is 1. The maximum Gasteiger partial charge on any atom is 0.222 e. The average Bonchev–Trinajstić information content (AvgIpc) is 2.35. The van der Waals surface area contributed by atoms with Crippen LogP contribution < -0.4 is 0 Å². The summed E-state index contributed by atoms with van der Waals surface area (Å²) in [5, 5.41) is 9.36. The molecule has 1 amide bonds. The number of carbonyl (C=O) groups is 1. The number of β-amino-alcohol motifs (C(OH)–C–C–N with tert-alkyl or cyclic N) is 1. The third-order valence-corrected chi connectivity index (χ3v) is 2.51. The van der Waals surface area contributed by atoms with E-state index in [-0.39, 0.29) is 12.0 Å². The topological polar surface area (TPSA) is 40.5 Å². The Balaban J connectivity index is 2.44. The Morgan fingerprint density at radius 1 is 1.75 bits per heavy atom. The molecule has 1 aliphatic rings. The molecule has 1 heterocycles. The van der Waals surface area contributed by atoms with Gasteiger partial charge >= 0.3 is 0 Å². The van der Waals surface area contributed by atoms with Crippen molar-refractivity contribution in [3.63, 3.8) is 0 Å². The Morgan fingerprint density at radius 3 is 2.83 bits per heavy atom. The van der Waals surface area contributed by atoms with E-state index in [1.54, 1.807) is 4.90 Å². The van der Waals surface area contributed by atoms with E-state index in [0.29, 0.717) is 19.0 Å². The lowest BCUT2D eigenvalue weighted by atomic mass is 10.2. The average molecular weight is 171 g/mol. The van der Waals surface area contributed by atoms with Gasteiger partial charge in [-0.3, -0.25) is 4.79 Å². The van der Waals surface area contributed by atoms with E-state index in [2.05, 4.69) is 0 Å². The first-order chi connectivity index (χ1) is 5.65. The zero-order chi connectivity index (χ0) is 9.14. The van der Waals surface area contributed by atoms with Gasteiger partial charge in [-0.25, -0.2) is 0 Å². The maximum atomic E-state index is 11.3. The fourth-order valence-electron chi connectivity index (χ4n) is 1.52. The fraction of sp³-hybridized carbons (Fsp3) is 0.889. The van der Waals surface area contributed by atoms with Crippen molar-refractivity contribution in [3.8, 4) is 0 Å². The second kappa shape index (κ2) is 3.90. The van der Waals surface area contributed by atoms with E-state index in [1.165, 1.54) is 0 Å². The molecular formula is C9H17NO2. The first-order valence-electron chi connectivity index (χ1n) is 4.62. The highest BCUT2D eigenvalue weighted by molar-refractivity contribution is 5.78. The summed E-state index contributed by atoms with van der Waals surface area (Å²) in [5.74, 6) is 0.190. The molecule has 2 unspecified atom stereocenters. The zero-order valence-corrected chi connectivity index (χ0v) is 7.79. The molecule has 1 fully saturated rings. The monoisotopic (exact) mass is 171 g/mol.